The van der Waals surface area contributed by atoms with Gasteiger partial charge in [0.15, 0.2) is 0 Å². The number of nitrogens with zero attached hydrogens (tertiary/aromatic N) is 2. The molecule has 60 valence electrons. The molecule has 2 nitrogen and oxygen atoms in total. The first-order valence-electron chi connectivity index (χ1n) is 4.35. The summed E-state index contributed by atoms with van der Waals surface area (Å²) < 4.78 is 2.08. The van der Waals surface area contributed by atoms with E-state index < -0.39 is 0 Å². The third-order valence-electron chi connectivity index (χ3n) is 2.30. The van der Waals surface area contributed by atoms with Gasteiger partial charge in [-0.15, -0.1) is 0 Å². The van der Waals surface area contributed by atoms with Gasteiger partial charge < -0.3 is 0 Å². The largest absolute Gasteiger partial charge is 0.270 e. The molecule has 2 heteroatoms. The number of rotatable bonds is 2. The van der Waals surface area contributed by atoms with E-state index in [2.05, 4.69) is 29.7 Å². The van der Waals surface area contributed by atoms with E-state index in [0.717, 1.165) is 12.5 Å². The second-order valence-electron chi connectivity index (χ2n) is 3.30. The van der Waals surface area contributed by atoms with Crippen LogP contribution in [0.5, 0.6) is 0 Å². The van der Waals surface area contributed by atoms with Crippen LogP contribution in [0.1, 0.15) is 37.1 Å². The van der Waals surface area contributed by atoms with Crippen molar-refractivity contribution in [2.75, 3.05) is 0 Å². The Morgan fingerprint density at radius 1 is 1.64 bits per heavy atom. The Morgan fingerprint density at radius 2 is 2.36 bits per heavy atom. The van der Waals surface area contributed by atoms with Gasteiger partial charge in [-0.05, 0) is 32.8 Å². The smallest absolute Gasteiger partial charge is 0.0658 e. The number of hydrogen-bond acceptors (Lipinski definition) is 1. The second-order valence-corrected chi connectivity index (χ2v) is 3.30. The fraction of sp³-hybridized carbons (Fsp3) is 0.667. The summed E-state index contributed by atoms with van der Waals surface area (Å²) >= 11 is 0. The molecule has 2 rings (SSSR count). The van der Waals surface area contributed by atoms with Gasteiger partial charge in [0.2, 0.25) is 0 Å². The molecule has 1 aliphatic carbocycles. The van der Waals surface area contributed by atoms with Crippen LogP contribution in [0.4, 0.5) is 0 Å². The van der Waals surface area contributed by atoms with Crippen LogP contribution in [0.3, 0.4) is 0 Å². The lowest BCUT2D eigenvalue weighted by Crippen LogP contribution is -1.98. The van der Waals surface area contributed by atoms with Crippen LogP contribution in [0.25, 0.3) is 0 Å². The predicted molar refractivity (Wildman–Crippen MR) is 44.6 cm³/mol. The topological polar surface area (TPSA) is 17.8 Å². The zero-order valence-corrected chi connectivity index (χ0v) is 7.17. The molecule has 0 spiro atoms. The summed E-state index contributed by atoms with van der Waals surface area (Å²) in [4.78, 5) is 0. The van der Waals surface area contributed by atoms with Gasteiger partial charge in [0, 0.05) is 18.2 Å². The normalized spacial score (nSPS) is 17.3. The van der Waals surface area contributed by atoms with Gasteiger partial charge in [-0.1, -0.05) is 0 Å². The Hall–Kier alpha value is -0.790. The predicted octanol–water partition coefficient (Wildman–Crippen LogP) is 2.09. The molecule has 1 heterocycles. The van der Waals surface area contributed by atoms with Crippen molar-refractivity contribution in [3.8, 4) is 0 Å². The Bertz CT molecular complexity index is 259. The van der Waals surface area contributed by atoms with Crippen LogP contribution in [0.2, 0.25) is 0 Å². The highest BCUT2D eigenvalue weighted by Crippen LogP contribution is 2.39. The van der Waals surface area contributed by atoms with Gasteiger partial charge in [-0.3, -0.25) is 4.68 Å². The maximum atomic E-state index is 4.51. The van der Waals surface area contributed by atoms with E-state index in [1.165, 1.54) is 24.2 Å². The lowest BCUT2D eigenvalue weighted by Gasteiger charge is -1.95. The molecule has 11 heavy (non-hydrogen) atoms. The van der Waals surface area contributed by atoms with Crippen molar-refractivity contribution in [2.24, 2.45) is 0 Å². The summed E-state index contributed by atoms with van der Waals surface area (Å²) in [6.45, 7) is 5.26. The third-order valence-corrected chi connectivity index (χ3v) is 2.30. The minimum Gasteiger partial charge on any atom is -0.270 e. The van der Waals surface area contributed by atoms with E-state index in [1.54, 1.807) is 0 Å². The quantitative estimate of drug-likeness (QED) is 0.631. The minimum atomic E-state index is 0.793. The van der Waals surface area contributed by atoms with Crippen molar-refractivity contribution in [3.63, 3.8) is 0 Å². The van der Waals surface area contributed by atoms with E-state index in [1.807, 2.05) is 0 Å². The first kappa shape index (κ1) is 6.89. The first-order chi connectivity index (χ1) is 5.31. The van der Waals surface area contributed by atoms with E-state index >= 15 is 0 Å². The molecule has 0 aliphatic heterocycles. The standard InChI is InChI=1S/C9H14N2/c1-3-11-7(2)6-9(10-11)8-4-5-8/h6,8H,3-5H2,1-2H3. The molecular formula is C9H14N2. The zero-order chi connectivity index (χ0) is 7.84. The molecule has 0 saturated heterocycles. The van der Waals surface area contributed by atoms with Crippen LogP contribution in [0.15, 0.2) is 6.07 Å². The summed E-state index contributed by atoms with van der Waals surface area (Å²) in [5.74, 6) is 0.793. The summed E-state index contributed by atoms with van der Waals surface area (Å²) in [5.41, 5.74) is 2.61. The van der Waals surface area contributed by atoms with Crippen molar-refractivity contribution in [1.29, 1.82) is 0 Å². The number of aryl methyl sites for hydroxylation is 2. The molecule has 0 amide bonds. The van der Waals surface area contributed by atoms with Gasteiger partial charge >= 0.3 is 0 Å². The molecular weight excluding hydrogens is 136 g/mol. The van der Waals surface area contributed by atoms with E-state index in [4.69, 9.17) is 0 Å². The van der Waals surface area contributed by atoms with Crippen LogP contribution < -0.4 is 0 Å². The average molecular weight is 150 g/mol. The zero-order valence-electron chi connectivity index (χ0n) is 7.17. The van der Waals surface area contributed by atoms with Gasteiger partial charge in [-0.2, -0.15) is 5.10 Å². The Morgan fingerprint density at radius 3 is 2.82 bits per heavy atom. The third kappa shape index (κ3) is 1.17. The molecule has 0 aromatic carbocycles. The van der Waals surface area contributed by atoms with Crippen molar-refractivity contribution in [1.82, 2.24) is 9.78 Å². The highest BCUT2D eigenvalue weighted by Gasteiger charge is 2.26. The lowest BCUT2D eigenvalue weighted by molar-refractivity contribution is 0.629. The Kier molecular flexibility index (Phi) is 1.48. The number of hydrogen-bond donors (Lipinski definition) is 0. The monoisotopic (exact) mass is 150 g/mol. The molecule has 1 aromatic rings. The van der Waals surface area contributed by atoms with Crippen LogP contribution in [0, 0.1) is 6.92 Å². The number of aromatic nitrogens is 2. The van der Waals surface area contributed by atoms with Gasteiger partial charge in [0.1, 0.15) is 0 Å². The van der Waals surface area contributed by atoms with Crippen molar-refractivity contribution < 1.29 is 0 Å². The van der Waals surface area contributed by atoms with Gasteiger partial charge in [0.25, 0.3) is 0 Å². The Balaban J connectivity index is 2.28. The molecule has 0 atom stereocenters. The van der Waals surface area contributed by atoms with E-state index in [0.29, 0.717) is 0 Å². The van der Waals surface area contributed by atoms with Gasteiger partial charge in [-0.25, -0.2) is 0 Å². The molecule has 0 bridgehead atoms. The maximum absolute atomic E-state index is 4.51. The molecule has 1 saturated carbocycles. The molecule has 1 aromatic heterocycles. The first-order valence-corrected chi connectivity index (χ1v) is 4.35. The van der Waals surface area contributed by atoms with Gasteiger partial charge in [0.05, 0.1) is 5.69 Å². The minimum absolute atomic E-state index is 0.793. The molecule has 1 aliphatic rings. The SMILES string of the molecule is CCn1nc(C2CC2)cc1C. The highest BCUT2D eigenvalue weighted by atomic mass is 15.3. The van der Waals surface area contributed by atoms with Crippen LogP contribution in [-0.4, -0.2) is 9.78 Å². The Labute approximate surface area is 67.2 Å². The van der Waals surface area contributed by atoms with E-state index in [-0.39, 0.29) is 0 Å². The highest BCUT2D eigenvalue weighted by molar-refractivity contribution is 5.17. The van der Waals surface area contributed by atoms with Crippen molar-refractivity contribution >= 4 is 0 Å². The summed E-state index contributed by atoms with van der Waals surface area (Å²) in [6.07, 6.45) is 2.69. The van der Waals surface area contributed by atoms with E-state index in [9.17, 15) is 0 Å². The molecule has 0 unspecified atom stereocenters. The lowest BCUT2D eigenvalue weighted by atomic mass is 10.3. The summed E-state index contributed by atoms with van der Waals surface area (Å²) in [5, 5.41) is 4.51. The van der Waals surface area contributed by atoms with Crippen molar-refractivity contribution in [2.45, 2.75) is 39.2 Å². The average Bonchev–Trinajstić information content (AvgIpc) is 2.76. The fourth-order valence-corrected chi connectivity index (χ4v) is 1.43. The maximum Gasteiger partial charge on any atom is 0.0658 e. The van der Waals surface area contributed by atoms with Crippen LogP contribution in [-0.2, 0) is 6.54 Å². The molecule has 1 fully saturated rings. The molecule has 0 N–H and O–H groups in total. The fourth-order valence-electron chi connectivity index (χ4n) is 1.43. The summed E-state index contributed by atoms with van der Waals surface area (Å²) in [6, 6.07) is 2.22. The van der Waals surface area contributed by atoms with Crippen LogP contribution >= 0.6 is 0 Å². The molecule has 0 radical (unpaired) electrons. The van der Waals surface area contributed by atoms with Crippen molar-refractivity contribution in [3.05, 3.63) is 17.5 Å². The summed E-state index contributed by atoms with van der Waals surface area (Å²) in [7, 11) is 0. The second kappa shape index (κ2) is 2.36.